The molecule has 1 aliphatic rings. The number of carbonyl (C=O) groups excluding carboxylic acids is 1. The molecule has 1 N–H and O–H groups in total. The van der Waals surface area contributed by atoms with Gasteiger partial charge in [0.1, 0.15) is 0 Å². The number of amides is 1. The normalized spacial score (nSPS) is 14.1. The number of aromatic nitrogens is 2. The molecular weight excluding hydrogens is 306 g/mol. The molecular formula is C18H21N3O3. The maximum atomic E-state index is 12.2. The second-order valence-corrected chi connectivity index (χ2v) is 6.04. The fourth-order valence-electron chi connectivity index (χ4n) is 3.23. The zero-order valence-corrected chi connectivity index (χ0v) is 13.7. The topological polar surface area (TPSA) is 75.4 Å². The molecule has 0 atom stereocenters. The number of nitrogens with zero attached hydrogens (tertiary/aromatic N) is 3. The Morgan fingerprint density at radius 1 is 1.12 bits per heavy atom. The Hall–Kier alpha value is -2.63. The van der Waals surface area contributed by atoms with Crippen LogP contribution >= 0.6 is 0 Å². The molecule has 1 aromatic carbocycles. The van der Waals surface area contributed by atoms with Gasteiger partial charge in [0.15, 0.2) is 0 Å². The molecule has 126 valence electrons. The van der Waals surface area contributed by atoms with Gasteiger partial charge in [-0.2, -0.15) is 5.10 Å². The average molecular weight is 327 g/mol. The Balaban J connectivity index is 1.79. The van der Waals surface area contributed by atoms with Crippen LogP contribution in [0.4, 0.5) is 0 Å². The number of hydrogen-bond acceptors (Lipinski definition) is 3. The zero-order valence-electron chi connectivity index (χ0n) is 13.7. The second kappa shape index (κ2) is 6.86. The summed E-state index contributed by atoms with van der Waals surface area (Å²) in [4.78, 5) is 24.6. The van der Waals surface area contributed by atoms with E-state index in [4.69, 9.17) is 5.11 Å². The summed E-state index contributed by atoms with van der Waals surface area (Å²) in [5.41, 5.74) is 4.41. The van der Waals surface area contributed by atoms with E-state index >= 15 is 0 Å². The number of rotatable bonds is 4. The van der Waals surface area contributed by atoms with Crippen LogP contribution in [0.2, 0.25) is 0 Å². The molecule has 0 unspecified atom stereocenters. The predicted molar refractivity (Wildman–Crippen MR) is 89.5 cm³/mol. The number of carboxylic acids is 1. The molecule has 0 saturated heterocycles. The molecule has 0 aliphatic carbocycles. The van der Waals surface area contributed by atoms with Crippen molar-refractivity contribution in [1.82, 2.24) is 14.7 Å². The molecule has 3 rings (SSSR count). The summed E-state index contributed by atoms with van der Waals surface area (Å²) in [5.74, 6) is -1.02. The standard InChI is InChI=1S/C18H21N3O3/c1-20-15-10-12-21(16(22)7-8-17(23)24)11-9-14(15)18(19-20)13-5-3-2-4-6-13/h2-6H,7-12H2,1H3,(H,23,24). The number of benzene rings is 1. The summed E-state index contributed by atoms with van der Waals surface area (Å²) in [7, 11) is 1.94. The van der Waals surface area contributed by atoms with Crippen molar-refractivity contribution in [2.75, 3.05) is 13.1 Å². The minimum Gasteiger partial charge on any atom is -0.481 e. The lowest BCUT2D eigenvalue weighted by atomic mass is 10.0. The van der Waals surface area contributed by atoms with Crippen LogP contribution in [0.15, 0.2) is 30.3 Å². The maximum Gasteiger partial charge on any atom is 0.303 e. The van der Waals surface area contributed by atoms with Crippen molar-refractivity contribution in [3.8, 4) is 11.3 Å². The van der Waals surface area contributed by atoms with Gasteiger partial charge < -0.3 is 10.0 Å². The Morgan fingerprint density at radius 3 is 2.54 bits per heavy atom. The molecule has 0 radical (unpaired) electrons. The van der Waals surface area contributed by atoms with E-state index in [1.54, 1.807) is 4.90 Å². The van der Waals surface area contributed by atoms with Gasteiger partial charge in [-0.25, -0.2) is 0 Å². The minimum absolute atomic E-state index is 0.0650. The van der Waals surface area contributed by atoms with Gasteiger partial charge in [0.25, 0.3) is 0 Å². The highest BCUT2D eigenvalue weighted by Crippen LogP contribution is 2.28. The van der Waals surface area contributed by atoms with Crippen LogP contribution in [0.3, 0.4) is 0 Å². The highest BCUT2D eigenvalue weighted by molar-refractivity contribution is 5.81. The smallest absolute Gasteiger partial charge is 0.303 e. The van der Waals surface area contributed by atoms with E-state index in [1.807, 2.05) is 42.1 Å². The van der Waals surface area contributed by atoms with Crippen LogP contribution < -0.4 is 0 Å². The van der Waals surface area contributed by atoms with E-state index in [1.165, 1.54) is 5.56 Å². The van der Waals surface area contributed by atoms with Gasteiger partial charge in [-0.3, -0.25) is 14.3 Å². The van der Waals surface area contributed by atoms with E-state index in [0.717, 1.165) is 29.8 Å². The second-order valence-electron chi connectivity index (χ2n) is 6.04. The monoisotopic (exact) mass is 327 g/mol. The lowest BCUT2D eigenvalue weighted by molar-refractivity contribution is -0.140. The molecule has 2 heterocycles. The first-order valence-corrected chi connectivity index (χ1v) is 8.16. The molecule has 24 heavy (non-hydrogen) atoms. The molecule has 2 aromatic rings. The summed E-state index contributed by atoms with van der Waals surface area (Å²) >= 11 is 0. The van der Waals surface area contributed by atoms with Gasteiger partial charge in [0.2, 0.25) is 5.91 Å². The Morgan fingerprint density at radius 2 is 1.83 bits per heavy atom. The zero-order chi connectivity index (χ0) is 17.1. The first-order valence-electron chi connectivity index (χ1n) is 8.16. The molecule has 1 aromatic heterocycles. The van der Waals surface area contributed by atoms with Gasteiger partial charge >= 0.3 is 5.97 Å². The average Bonchev–Trinajstić information content (AvgIpc) is 2.76. The van der Waals surface area contributed by atoms with Crippen LogP contribution in [-0.4, -0.2) is 44.8 Å². The van der Waals surface area contributed by atoms with Crippen LogP contribution in [0.5, 0.6) is 0 Å². The first-order chi connectivity index (χ1) is 11.6. The van der Waals surface area contributed by atoms with E-state index in [2.05, 4.69) is 5.10 Å². The summed E-state index contributed by atoms with van der Waals surface area (Å²) in [6.07, 6.45) is 1.44. The fraction of sp³-hybridized carbons (Fsp3) is 0.389. The molecule has 0 fully saturated rings. The molecule has 6 heteroatoms. The molecule has 0 spiro atoms. The van der Waals surface area contributed by atoms with Crippen LogP contribution in [-0.2, 0) is 29.5 Å². The van der Waals surface area contributed by atoms with Gasteiger partial charge in [0.05, 0.1) is 12.1 Å². The Labute approximate surface area is 140 Å². The Kier molecular flexibility index (Phi) is 4.64. The quantitative estimate of drug-likeness (QED) is 0.930. The molecule has 6 nitrogen and oxygen atoms in total. The molecule has 0 bridgehead atoms. The third-order valence-corrected chi connectivity index (χ3v) is 4.48. The lowest BCUT2D eigenvalue weighted by Crippen LogP contribution is -2.33. The van der Waals surface area contributed by atoms with Crippen molar-refractivity contribution >= 4 is 11.9 Å². The summed E-state index contributed by atoms with van der Waals surface area (Å²) in [5, 5.41) is 13.4. The highest BCUT2D eigenvalue weighted by atomic mass is 16.4. The SMILES string of the molecule is Cn1nc(-c2ccccc2)c2c1CCN(C(=O)CCC(=O)O)CC2. The van der Waals surface area contributed by atoms with Crippen LogP contribution in [0.25, 0.3) is 11.3 Å². The summed E-state index contributed by atoms with van der Waals surface area (Å²) in [6.45, 7) is 1.22. The van der Waals surface area contributed by atoms with Gasteiger partial charge in [0, 0.05) is 49.8 Å². The predicted octanol–water partition coefficient (Wildman–Crippen LogP) is 1.88. The third kappa shape index (κ3) is 3.32. The lowest BCUT2D eigenvalue weighted by Gasteiger charge is -2.20. The number of aliphatic carboxylic acids is 1. The van der Waals surface area contributed by atoms with Crippen molar-refractivity contribution in [3.05, 3.63) is 41.6 Å². The fourth-order valence-corrected chi connectivity index (χ4v) is 3.23. The third-order valence-electron chi connectivity index (χ3n) is 4.48. The van der Waals surface area contributed by atoms with E-state index in [9.17, 15) is 9.59 Å². The van der Waals surface area contributed by atoms with E-state index < -0.39 is 5.97 Å². The number of carboxylic acid groups (broad SMARTS) is 1. The van der Waals surface area contributed by atoms with Crippen molar-refractivity contribution < 1.29 is 14.7 Å². The van der Waals surface area contributed by atoms with E-state index in [0.29, 0.717) is 13.1 Å². The number of carbonyl (C=O) groups is 2. The highest BCUT2D eigenvalue weighted by Gasteiger charge is 2.24. The first kappa shape index (κ1) is 16.2. The largest absolute Gasteiger partial charge is 0.481 e. The summed E-state index contributed by atoms with van der Waals surface area (Å²) < 4.78 is 1.91. The van der Waals surface area contributed by atoms with Crippen LogP contribution in [0, 0.1) is 0 Å². The van der Waals surface area contributed by atoms with Crippen molar-refractivity contribution in [1.29, 1.82) is 0 Å². The van der Waals surface area contributed by atoms with Gasteiger partial charge in [-0.05, 0) is 6.42 Å². The number of hydrogen-bond donors (Lipinski definition) is 1. The van der Waals surface area contributed by atoms with Crippen molar-refractivity contribution in [2.45, 2.75) is 25.7 Å². The number of fused-ring (bicyclic) bond motifs is 1. The molecule has 0 saturated carbocycles. The Bertz CT molecular complexity index is 752. The van der Waals surface area contributed by atoms with Gasteiger partial charge in [-0.1, -0.05) is 30.3 Å². The maximum absolute atomic E-state index is 12.2. The van der Waals surface area contributed by atoms with Crippen molar-refractivity contribution in [3.63, 3.8) is 0 Å². The van der Waals surface area contributed by atoms with Crippen LogP contribution in [0.1, 0.15) is 24.1 Å². The molecule has 1 aliphatic heterocycles. The minimum atomic E-state index is -0.933. The van der Waals surface area contributed by atoms with E-state index in [-0.39, 0.29) is 18.7 Å². The van der Waals surface area contributed by atoms with Gasteiger partial charge in [-0.15, -0.1) is 0 Å². The number of aryl methyl sites for hydroxylation is 1. The molecule has 1 amide bonds. The summed E-state index contributed by atoms with van der Waals surface area (Å²) in [6, 6.07) is 10.1. The van der Waals surface area contributed by atoms with Crippen molar-refractivity contribution in [2.24, 2.45) is 7.05 Å².